The molecule has 4 rings (SSSR count). The molecule has 22 heavy (non-hydrogen) atoms. The Morgan fingerprint density at radius 2 is 2.23 bits per heavy atom. The number of Topliss-reactive ketones (excluding diaryl/α,β-unsaturated/α-hetero) is 1. The molecule has 2 aliphatic rings. The zero-order valence-electron chi connectivity index (χ0n) is 12.5. The minimum atomic E-state index is -0.231. The second kappa shape index (κ2) is 5.39. The van der Waals surface area contributed by atoms with Crippen LogP contribution in [0.5, 0.6) is 0 Å². The van der Waals surface area contributed by atoms with Gasteiger partial charge in [0.2, 0.25) is 0 Å². The molecule has 0 N–H and O–H groups in total. The predicted molar refractivity (Wildman–Crippen MR) is 92.3 cm³/mol. The van der Waals surface area contributed by atoms with Gasteiger partial charge in [0.1, 0.15) is 5.82 Å². The number of aromatic nitrogens is 1. The first-order chi connectivity index (χ1) is 10.7. The Kier molecular flexibility index (Phi) is 3.50. The van der Waals surface area contributed by atoms with E-state index in [1.54, 1.807) is 23.1 Å². The summed E-state index contributed by atoms with van der Waals surface area (Å²) >= 11 is 3.37. The number of nitrogens with zero attached hydrogens (tertiary/aromatic N) is 2. The summed E-state index contributed by atoms with van der Waals surface area (Å²) in [6.07, 6.45) is 5.00. The fraction of sp³-hybridized carbons (Fsp3) is 0.412. The van der Waals surface area contributed by atoms with Crippen molar-refractivity contribution in [2.24, 2.45) is 5.41 Å². The van der Waals surface area contributed by atoms with Crippen LogP contribution in [0.1, 0.15) is 28.8 Å². The van der Waals surface area contributed by atoms with Gasteiger partial charge in [0, 0.05) is 24.0 Å². The first-order valence-electron chi connectivity index (χ1n) is 7.59. The van der Waals surface area contributed by atoms with Gasteiger partial charge >= 0.3 is 0 Å². The summed E-state index contributed by atoms with van der Waals surface area (Å²) in [5, 5.41) is 2.12. The Labute approximate surface area is 138 Å². The fourth-order valence-electron chi connectivity index (χ4n) is 3.77. The summed E-state index contributed by atoms with van der Waals surface area (Å²) < 4.78 is 1.09. The molecule has 5 heteroatoms. The molecule has 2 heterocycles. The van der Waals surface area contributed by atoms with Crippen molar-refractivity contribution in [3.05, 3.63) is 40.8 Å². The lowest BCUT2D eigenvalue weighted by Gasteiger charge is -2.39. The van der Waals surface area contributed by atoms with Crippen LogP contribution in [0.15, 0.2) is 34.0 Å². The highest BCUT2D eigenvalue weighted by atomic mass is 32.2. The van der Waals surface area contributed by atoms with Gasteiger partial charge in [-0.2, -0.15) is 0 Å². The van der Waals surface area contributed by atoms with E-state index in [4.69, 9.17) is 0 Å². The average molecular weight is 330 g/mol. The largest absolute Gasteiger partial charge is 0.355 e. The van der Waals surface area contributed by atoms with Crippen LogP contribution in [-0.2, 0) is 6.42 Å². The summed E-state index contributed by atoms with van der Waals surface area (Å²) in [5.74, 6) is 1.38. The molecule has 114 valence electrons. The molecule has 1 fully saturated rings. The van der Waals surface area contributed by atoms with Gasteiger partial charge in [-0.15, -0.1) is 11.3 Å². The van der Waals surface area contributed by atoms with Gasteiger partial charge in [-0.25, -0.2) is 4.98 Å². The van der Waals surface area contributed by atoms with Crippen LogP contribution >= 0.6 is 23.1 Å². The van der Waals surface area contributed by atoms with Crippen molar-refractivity contribution < 1.29 is 4.79 Å². The normalized spacial score (nSPS) is 24.0. The minimum absolute atomic E-state index is 0.231. The Hall–Kier alpha value is -1.33. The molecular weight excluding hydrogens is 312 g/mol. The Morgan fingerprint density at radius 3 is 3.00 bits per heavy atom. The second-order valence-electron chi connectivity index (χ2n) is 6.14. The molecule has 0 amide bonds. The zero-order chi connectivity index (χ0) is 15.2. The monoisotopic (exact) mass is 330 g/mol. The molecule has 1 unspecified atom stereocenters. The Morgan fingerprint density at radius 1 is 1.36 bits per heavy atom. The molecular formula is C17H18N2OS2. The smallest absolute Gasteiger partial charge is 0.171 e. The summed E-state index contributed by atoms with van der Waals surface area (Å²) in [4.78, 5) is 19.9. The molecule has 1 atom stereocenters. The molecule has 1 spiro atoms. The van der Waals surface area contributed by atoms with Gasteiger partial charge in [-0.3, -0.25) is 4.79 Å². The van der Waals surface area contributed by atoms with Crippen molar-refractivity contribution in [3.8, 4) is 0 Å². The second-order valence-corrected chi connectivity index (χ2v) is 8.06. The third-order valence-electron chi connectivity index (χ3n) is 4.82. The predicted octanol–water partition coefficient (Wildman–Crippen LogP) is 3.89. The summed E-state index contributed by atoms with van der Waals surface area (Å²) in [5.41, 5.74) is 1.93. The lowest BCUT2D eigenvalue weighted by molar-refractivity contribution is 0.0791. The molecule has 1 aromatic carbocycles. The maximum absolute atomic E-state index is 13.0. The first-order valence-corrected chi connectivity index (χ1v) is 9.69. The molecule has 1 saturated heterocycles. The number of rotatable bonds is 2. The quantitative estimate of drug-likeness (QED) is 0.782. The van der Waals surface area contributed by atoms with Gasteiger partial charge in [0.15, 0.2) is 10.1 Å². The van der Waals surface area contributed by atoms with Crippen molar-refractivity contribution >= 4 is 34.7 Å². The van der Waals surface area contributed by atoms with E-state index in [1.165, 1.54) is 5.56 Å². The third kappa shape index (κ3) is 2.18. The number of piperidine rings is 1. The number of carbonyl (C=O) groups excluding carboxylic acids is 1. The Bertz CT molecular complexity index is 727. The SMILES string of the molecule is CSc1nc(N2CCCC3(Cc4ccccc4C3=O)C2)cs1. The molecule has 0 radical (unpaired) electrons. The lowest BCUT2D eigenvalue weighted by Crippen LogP contribution is -2.47. The summed E-state index contributed by atoms with van der Waals surface area (Å²) in [6, 6.07) is 8.11. The van der Waals surface area contributed by atoms with Crippen LogP contribution in [0.2, 0.25) is 0 Å². The maximum atomic E-state index is 13.0. The number of thiazole rings is 1. The van der Waals surface area contributed by atoms with E-state index in [-0.39, 0.29) is 5.41 Å². The van der Waals surface area contributed by atoms with Crippen LogP contribution in [0.4, 0.5) is 5.82 Å². The van der Waals surface area contributed by atoms with Crippen molar-refractivity contribution in [3.63, 3.8) is 0 Å². The molecule has 0 bridgehead atoms. The average Bonchev–Trinajstić information content (AvgIpc) is 3.13. The van der Waals surface area contributed by atoms with E-state index in [2.05, 4.69) is 27.6 Å². The van der Waals surface area contributed by atoms with Crippen molar-refractivity contribution in [1.29, 1.82) is 0 Å². The third-order valence-corrected chi connectivity index (χ3v) is 6.67. The zero-order valence-corrected chi connectivity index (χ0v) is 14.2. The van der Waals surface area contributed by atoms with E-state index in [0.717, 1.165) is 48.1 Å². The molecule has 1 aliphatic heterocycles. The van der Waals surface area contributed by atoms with Gasteiger partial charge < -0.3 is 4.90 Å². The van der Waals surface area contributed by atoms with E-state index in [0.29, 0.717) is 5.78 Å². The van der Waals surface area contributed by atoms with E-state index in [9.17, 15) is 4.79 Å². The highest BCUT2D eigenvalue weighted by Crippen LogP contribution is 2.44. The Balaban J connectivity index is 1.63. The van der Waals surface area contributed by atoms with Crippen molar-refractivity contribution in [2.75, 3.05) is 24.2 Å². The summed E-state index contributed by atoms with van der Waals surface area (Å²) in [7, 11) is 0. The molecule has 1 aliphatic carbocycles. The molecule has 0 saturated carbocycles. The van der Waals surface area contributed by atoms with Crippen molar-refractivity contribution in [1.82, 2.24) is 4.98 Å². The molecule has 2 aromatic rings. The van der Waals surface area contributed by atoms with Crippen LogP contribution in [0, 0.1) is 5.41 Å². The van der Waals surface area contributed by atoms with Crippen LogP contribution in [0.25, 0.3) is 0 Å². The first kappa shape index (κ1) is 14.3. The number of fused-ring (bicyclic) bond motifs is 1. The molecule has 1 aromatic heterocycles. The highest BCUT2D eigenvalue weighted by molar-refractivity contribution is 8.00. The molecule has 3 nitrogen and oxygen atoms in total. The lowest BCUT2D eigenvalue weighted by atomic mass is 9.76. The maximum Gasteiger partial charge on any atom is 0.171 e. The number of ketones is 1. The minimum Gasteiger partial charge on any atom is -0.355 e. The van der Waals surface area contributed by atoms with Gasteiger partial charge in [-0.05, 0) is 31.1 Å². The van der Waals surface area contributed by atoms with E-state index >= 15 is 0 Å². The summed E-state index contributed by atoms with van der Waals surface area (Å²) in [6.45, 7) is 1.81. The van der Waals surface area contributed by atoms with Crippen LogP contribution < -0.4 is 4.90 Å². The van der Waals surface area contributed by atoms with Gasteiger partial charge in [0.25, 0.3) is 0 Å². The van der Waals surface area contributed by atoms with E-state index in [1.807, 2.05) is 18.2 Å². The number of hydrogen-bond acceptors (Lipinski definition) is 5. The van der Waals surface area contributed by atoms with Crippen LogP contribution in [0.3, 0.4) is 0 Å². The van der Waals surface area contributed by atoms with Crippen molar-refractivity contribution in [2.45, 2.75) is 23.6 Å². The number of thioether (sulfide) groups is 1. The number of anilines is 1. The number of hydrogen-bond donors (Lipinski definition) is 0. The fourth-order valence-corrected chi connectivity index (χ4v) is 5.04. The van der Waals surface area contributed by atoms with Gasteiger partial charge in [0.05, 0.1) is 5.41 Å². The number of benzene rings is 1. The standard InChI is InChI=1S/C17H18N2OS2/c1-21-16-18-14(10-22-16)19-8-4-7-17(11-19)9-12-5-2-3-6-13(12)15(17)20/h2-3,5-6,10H,4,7-9,11H2,1H3. The number of carbonyl (C=O) groups is 1. The van der Waals surface area contributed by atoms with Gasteiger partial charge in [-0.1, -0.05) is 36.0 Å². The van der Waals surface area contributed by atoms with E-state index < -0.39 is 0 Å². The topological polar surface area (TPSA) is 33.2 Å². The highest BCUT2D eigenvalue weighted by Gasteiger charge is 2.47. The van der Waals surface area contributed by atoms with Crippen LogP contribution in [-0.4, -0.2) is 30.1 Å².